The fraction of sp³-hybridized carbons (Fsp3) is 1.00. The second-order valence-corrected chi connectivity index (χ2v) is 5.10. The summed E-state index contributed by atoms with van der Waals surface area (Å²) in [6.07, 6.45) is 8.11. The third-order valence-corrected chi connectivity index (χ3v) is 3.74. The van der Waals surface area contributed by atoms with Crippen LogP contribution >= 0.6 is 0 Å². The number of nitrogens with two attached hydrogens (primary N) is 1. The highest BCUT2D eigenvalue weighted by atomic mass is 16.5. The Balaban J connectivity index is 2.33. The summed E-state index contributed by atoms with van der Waals surface area (Å²) in [5.41, 5.74) is 5.92. The van der Waals surface area contributed by atoms with Crippen molar-refractivity contribution in [2.24, 2.45) is 5.73 Å². The van der Waals surface area contributed by atoms with Gasteiger partial charge in [-0.25, -0.2) is 0 Å². The van der Waals surface area contributed by atoms with Crippen molar-refractivity contribution in [3.63, 3.8) is 0 Å². The van der Waals surface area contributed by atoms with Gasteiger partial charge in [-0.1, -0.05) is 26.2 Å². The van der Waals surface area contributed by atoms with Gasteiger partial charge in [-0.15, -0.1) is 0 Å². The van der Waals surface area contributed by atoms with Crippen molar-refractivity contribution in [1.29, 1.82) is 0 Å². The molecule has 102 valence electrons. The van der Waals surface area contributed by atoms with Crippen LogP contribution in [0.5, 0.6) is 0 Å². The molecular formula is C14H30N2O. The Morgan fingerprint density at radius 3 is 2.82 bits per heavy atom. The lowest BCUT2D eigenvalue weighted by Crippen LogP contribution is -2.48. The number of hydrogen-bond donors (Lipinski definition) is 1. The molecule has 0 spiro atoms. The minimum Gasteiger partial charge on any atom is -0.377 e. The molecule has 0 aromatic rings. The van der Waals surface area contributed by atoms with Gasteiger partial charge in [-0.2, -0.15) is 0 Å². The second-order valence-electron chi connectivity index (χ2n) is 5.10. The first kappa shape index (κ1) is 14.9. The van der Waals surface area contributed by atoms with Crippen molar-refractivity contribution in [1.82, 2.24) is 4.90 Å². The van der Waals surface area contributed by atoms with Crippen LogP contribution in [0.4, 0.5) is 0 Å². The van der Waals surface area contributed by atoms with E-state index in [1.165, 1.54) is 45.1 Å². The van der Waals surface area contributed by atoms with Crippen LogP contribution in [-0.4, -0.2) is 43.3 Å². The molecule has 0 aliphatic carbocycles. The van der Waals surface area contributed by atoms with E-state index in [2.05, 4.69) is 18.7 Å². The van der Waals surface area contributed by atoms with Gasteiger partial charge < -0.3 is 10.5 Å². The summed E-state index contributed by atoms with van der Waals surface area (Å²) in [7, 11) is 0. The number of likely N-dealkylation sites (tertiary alicyclic amines) is 1. The molecule has 0 aromatic carbocycles. The normalized spacial score (nSPS) is 23.8. The summed E-state index contributed by atoms with van der Waals surface area (Å²) in [5.74, 6) is 0. The zero-order valence-corrected chi connectivity index (χ0v) is 11.7. The maximum absolute atomic E-state index is 5.92. The van der Waals surface area contributed by atoms with Crippen molar-refractivity contribution in [3.8, 4) is 0 Å². The first-order valence-electron chi connectivity index (χ1n) is 7.37. The fourth-order valence-electron chi connectivity index (χ4n) is 2.75. The summed E-state index contributed by atoms with van der Waals surface area (Å²) in [6.45, 7) is 8.26. The molecule has 1 fully saturated rings. The quantitative estimate of drug-likeness (QED) is 0.664. The van der Waals surface area contributed by atoms with E-state index in [0.29, 0.717) is 12.1 Å². The van der Waals surface area contributed by atoms with Gasteiger partial charge >= 0.3 is 0 Å². The molecule has 1 rings (SSSR count). The number of nitrogens with zero attached hydrogens (tertiary/aromatic N) is 1. The third-order valence-electron chi connectivity index (χ3n) is 3.74. The van der Waals surface area contributed by atoms with Gasteiger partial charge in [0.15, 0.2) is 0 Å². The van der Waals surface area contributed by atoms with Gasteiger partial charge in [-0.3, -0.25) is 4.90 Å². The highest BCUT2D eigenvalue weighted by Crippen LogP contribution is 2.18. The highest BCUT2D eigenvalue weighted by molar-refractivity contribution is 4.80. The van der Waals surface area contributed by atoms with Crippen LogP contribution in [-0.2, 0) is 4.74 Å². The molecule has 0 aromatic heterocycles. The minimum absolute atomic E-state index is 0.439. The molecule has 3 nitrogen and oxygen atoms in total. The van der Waals surface area contributed by atoms with Gasteiger partial charge in [0.1, 0.15) is 0 Å². The lowest BCUT2D eigenvalue weighted by molar-refractivity contribution is -0.00753. The van der Waals surface area contributed by atoms with Gasteiger partial charge in [0.2, 0.25) is 0 Å². The van der Waals surface area contributed by atoms with Gasteiger partial charge in [0.05, 0.1) is 6.10 Å². The zero-order valence-electron chi connectivity index (χ0n) is 11.7. The summed E-state index contributed by atoms with van der Waals surface area (Å²) in [4.78, 5) is 2.56. The van der Waals surface area contributed by atoms with E-state index >= 15 is 0 Å². The second kappa shape index (κ2) is 8.90. The first-order chi connectivity index (χ1) is 8.31. The largest absolute Gasteiger partial charge is 0.377 e. The van der Waals surface area contributed by atoms with Crippen molar-refractivity contribution >= 4 is 0 Å². The molecule has 0 amide bonds. The number of ether oxygens (including phenoxy) is 1. The number of hydrogen-bond acceptors (Lipinski definition) is 3. The van der Waals surface area contributed by atoms with E-state index in [1.54, 1.807) is 0 Å². The molecule has 2 unspecified atom stereocenters. The Morgan fingerprint density at radius 1 is 1.35 bits per heavy atom. The van der Waals surface area contributed by atoms with Crippen LogP contribution in [0.3, 0.4) is 0 Å². The molecule has 2 N–H and O–H groups in total. The van der Waals surface area contributed by atoms with Crippen LogP contribution < -0.4 is 5.73 Å². The van der Waals surface area contributed by atoms with Crippen molar-refractivity contribution in [2.45, 2.75) is 64.5 Å². The van der Waals surface area contributed by atoms with E-state index < -0.39 is 0 Å². The molecule has 1 heterocycles. The molecule has 1 aliphatic heterocycles. The Hall–Kier alpha value is -0.120. The van der Waals surface area contributed by atoms with Crippen LogP contribution in [0.2, 0.25) is 0 Å². The van der Waals surface area contributed by atoms with Gasteiger partial charge in [0.25, 0.3) is 0 Å². The highest BCUT2D eigenvalue weighted by Gasteiger charge is 2.24. The molecule has 1 saturated heterocycles. The molecule has 3 heteroatoms. The first-order valence-corrected chi connectivity index (χ1v) is 7.37. The van der Waals surface area contributed by atoms with Crippen LogP contribution in [0, 0.1) is 0 Å². The van der Waals surface area contributed by atoms with Crippen molar-refractivity contribution in [3.05, 3.63) is 0 Å². The summed E-state index contributed by atoms with van der Waals surface area (Å²) < 4.78 is 5.75. The Morgan fingerprint density at radius 2 is 2.18 bits per heavy atom. The van der Waals surface area contributed by atoms with E-state index in [0.717, 1.165) is 19.7 Å². The predicted molar refractivity (Wildman–Crippen MR) is 73.2 cm³/mol. The lowest BCUT2D eigenvalue weighted by Gasteiger charge is -2.37. The Kier molecular flexibility index (Phi) is 7.82. The van der Waals surface area contributed by atoms with Crippen LogP contribution in [0.25, 0.3) is 0 Å². The Labute approximate surface area is 107 Å². The molecule has 0 radical (unpaired) electrons. The standard InChI is InChI=1S/C14H30N2O/c1-3-5-6-8-13(11-15)16-10-7-9-14(12-16)17-4-2/h13-14H,3-12,15H2,1-2H3. The SMILES string of the molecule is CCCCCC(CN)N1CCCC(OCC)C1. The summed E-state index contributed by atoms with van der Waals surface area (Å²) in [5, 5.41) is 0. The van der Waals surface area contributed by atoms with Crippen LogP contribution in [0.1, 0.15) is 52.4 Å². The van der Waals surface area contributed by atoms with E-state index in [1.807, 2.05) is 0 Å². The summed E-state index contributed by atoms with van der Waals surface area (Å²) >= 11 is 0. The topological polar surface area (TPSA) is 38.5 Å². The predicted octanol–water partition coefficient (Wildman–Crippen LogP) is 2.39. The van der Waals surface area contributed by atoms with E-state index in [-0.39, 0.29) is 0 Å². The van der Waals surface area contributed by atoms with E-state index in [9.17, 15) is 0 Å². The smallest absolute Gasteiger partial charge is 0.0702 e. The number of unbranched alkanes of at least 4 members (excludes halogenated alkanes) is 2. The average Bonchev–Trinajstić information content (AvgIpc) is 2.35. The monoisotopic (exact) mass is 242 g/mol. The fourth-order valence-corrected chi connectivity index (χ4v) is 2.75. The van der Waals surface area contributed by atoms with Crippen molar-refractivity contribution in [2.75, 3.05) is 26.2 Å². The number of rotatable bonds is 8. The molecule has 0 bridgehead atoms. The zero-order chi connectivity index (χ0) is 12.5. The van der Waals surface area contributed by atoms with Crippen LogP contribution in [0.15, 0.2) is 0 Å². The summed E-state index contributed by atoms with van der Waals surface area (Å²) in [6, 6.07) is 0.574. The maximum Gasteiger partial charge on any atom is 0.0702 e. The molecule has 1 aliphatic rings. The molecule has 2 atom stereocenters. The number of piperidine rings is 1. The molecule has 17 heavy (non-hydrogen) atoms. The third kappa shape index (κ3) is 5.36. The lowest BCUT2D eigenvalue weighted by atomic mass is 10.0. The van der Waals surface area contributed by atoms with Gasteiger partial charge in [0, 0.05) is 25.7 Å². The average molecular weight is 242 g/mol. The Bertz CT molecular complexity index is 185. The molecule has 0 saturated carbocycles. The molecular weight excluding hydrogens is 212 g/mol. The maximum atomic E-state index is 5.92. The van der Waals surface area contributed by atoms with E-state index in [4.69, 9.17) is 10.5 Å². The van der Waals surface area contributed by atoms with Gasteiger partial charge in [-0.05, 0) is 32.7 Å². The minimum atomic E-state index is 0.439. The van der Waals surface area contributed by atoms with Crippen molar-refractivity contribution < 1.29 is 4.74 Å².